The molecule has 2 atom stereocenters. The minimum absolute atomic E-state index is 0.0481. The van der Waals surface area contributed by atoms with Gasteiger partial charge in [0.25, 0.3) is 0 Å². The third-order valence-corrected chi connectivity index (χ3v) is 4.64. The molecule has 8 nitrogen and oxygen atoms in total. The topological polar surface area (TPSA) is 125 Å². The summed E-state index contributed by atoms with van der Waals surface area (Å²) in [7, 11) is 0. The number of anilines is 1. The molecule has 0 spiro atoms. The van der Waals surface area contributed by atoms with E-state index in [1.165, 1.54) is 18.0 Å². The second kappa shape index (κ2) is 8.44. The van der Waals surface area contributed by atoms with E-state index in [1.807, 2.05) is 30.3 Å². The highest BCUT2D eigenvalue weighted by molar-refractivity contribution is 7.99. The van der Waals surface area contributed by atoms with Crippen molar-refractivity contribution in [2.24, 2.45) is 5.92 Å². The molecule has 136 valence electrons. The Bertz CT molecular complexity index is 953. The van der Waals surface area contributed by atoms with Gasteiger partial charge in [-0.2, -0.15) is 5.26 Å². The second-order valence-corrected chi connectivity index (χ2v) is 6.68. The number of hydrogen-bond acceptors (Lipinski definition) is 8. The molecule has 3 aromatic rings. The molecule has 2 aromatic heterocycles. The summed E-state index contributed by atoms with van der Waals surface area (Å²) in [5.74, 6) is -1.68. The van der Waals surface area contributed by atoms with Crippen LogP contribution in [0.3, 0.4) is 0 Å². The number of carbonyl (C=O) groups is 1. The first kappa shape index (κ1) is 18.6. The number of carbonyl (C=O) groups excluding carboxylic acids is 1. The van der Waals surface area contributed by atoms with Crippen molar-refractivity contribution >= 4 is 23.6 Å². The van der Waals surface area contributed by atoms with Crippen molar-refractivity contribution in [2.75, 3.05) is 5.32 Å². The molecule has 0 saturated heterocycles. The maximum absolute atomic E-state index is 12.3. The van der Waals surface area contributed by atoms with Gasteiger partial charge < -0.3 is 9.63 Å². The van der Waals surface area contributed by atoms with Gasteiger partial charge in [-0.1, -0.05) is 35.1 Å². The van der Waals surface area contributed by atoms with Gasteiger partial charge in [0.05, 0.1) is 12.3 Å². The van der Waals surface area contributed by atoms with Crippen LogP contribution < -0.4 is 5.32 Å². The van der Waals surface area contributed by atoms with Gasteiger partial charge in [-0.05, 0) is 19.1 Å². The van der Waals surface area contributed by atoms with Crippen LogP contribution in [0.1, 0.15) is 17.4 Å². The predicted molar refractivity (Wildman–Crippen MR) is 96.5 cm³/mol. The number of aliphatic hydroxyl groups is 1. The molecule has 1 amide bonds. The van der Waals surface area contributed by atoms with Crippen molar-refractivity contribution < 1.29 is 14.4 Å². The number of nitriles is 1. The van der Waals surface area contributed by atoms with E-state index in [0.717, 1.165) is 9.79 Å². The summed E-state index contributed by atoms with van der Waals surface area (Å²) in [6, 6.07) is 11.5. The highest BCUT2D eigenvalue weighted by Crippen LogP contribution is 2.27. The maximum Gasteiger partial charge on any atom is 0.247 e. The van der Waals surface area contributed by atoms with Crippen LogP contribution in [0.5, 0.6) is 0 Å². The fourth-order valence-corrected chi connectivity index (χ4v) is 3.06. The van der Waals surface area contributed by atoms with Crippen molar-refractivity contribution in [3.8, 4) is 6.07 Å². The number of benzene rings is 1. The van der Waals surface area contributed by atoms with Gasteiger partial charge in [-0.3, -0.25) is 10.1 Å². The molecule has 2 heterocycles. The molecular weight excluding hydrogens is 366 g/mol. The minimum Gasteiger partial charge on any atom is -0.386 e. The lowest BCUT2D eigenvalue weighted by molar-refractivity contribution is -0.121. The number of aryl methyl sites for hydroxylation is 1. The van der Waals surface area contributed by atoms with Gasteiger partial charge in [-0.15, -0.1) is 0 Å². The number of rotatable bonds is 6. The van der Waals surface area contributed by atoms with Gasteiger partial charge >= 0.3 is 0 Å². The molecular formula is C18H15N5O3S. The van der Waals surface area contributed by atoms with E-state index in [2.05, 4.69) is 20.4 Å². The second-order valence-electron chi connectivity index (χ2n) is 5.54. The lowest BCUT2D eigenvalue weighted by atomic mass is 9.97. The molecule has 9 heteroatoms. The Hall–Kier alpha value is -3.22. The largest absolute Gasteiger partial charge is 0.386 e. The molecule has 1 aromatic carbocycles. The first-order chi connectivity index (χ1) is 13.1. The lowest BCUT2D eigenvalue weighted by Crippen LogP contribution is -2.28. The van der Waals surface area contributed by atoms with Crippen LogP contribution in [-0.2, 0) is 4.79 Å². The Kier molecular flexibility index (Phi) is 5.80. The number of nitrogens with zero attached hydrogens (tertiary/aromatic N) is 4. The van der Waals surface area contributed by atoms with E-state index >= 15 is 0 Å². The zero-order valence-corrected chi connectivity index (χ0v) is 15.1. The summed E-state index contributed by atoms with van der Waals surface area (Å²) in [5.41, 5.74) is 0.284. The van der Waals surface area contributed by atoms with Crippen LogP contribution in [0.15, 0.2) is 63.2 Å². The van der Waals surface area contributed by atoms with Crippen LogP contribution in [0.2, 0.25) is 0 Å². The molecule has 2 N–H and O–H groups in total. The average molecular weight is 381 g/mol. The van der Waals surface area contributed by atoms with Gasteiger partial charge in [0.15, 0.2) is 5.92 Å². The Morgan fingerprint density at radius 2 is 1.93 bits per heavy atom. The smallest absolute Gasteiger partial charge is 0.247 e. The number of nitrogens with one attached hydrogen (secondary N) is 1. The normalized spacial score (nSPS) is 12.8. The predicted octanol–water partition coefficient (Wildman–Crippen LogP) is 2.74. The Labute approximate surface area is 159 Å². The minimum atomic E-state index is -1.37. The highest BCUT2D eigenvalue weighted by Gasteiger charge is 2.31. The zero-order chi connectivity index (χ0) is 19.2. The van der Waals surface area contributed by atoms with Crippen LogP contribution in [0, 0.1) is 24.2 Å². The fourth-order valence-electron chi connectivity index (χ4n) is 2.29. The van der Waals surface area contributed by atoms with E-state index in [-0.39, 0.29) is 11.5 Å². The molecule has 0 aliphatic heterocycles. The molecule has 0 saturated carbocycles. The SMILES string of the molecule is Cc1oncc1C(O)C(C#N)C(=O)Nc1ncc(Sc2ccccc2)cn1. The lowest BCUT2D eigenvalue weighted by Gasteiger charge is -2.14. The first-order valence-electron chi connectivity index (χ1n) is 7.93. The standard InChI is InChI=1S/C18H15N5O3S/c1-11-15(10-22-26-11)16(24)14(7-19)17(25)23-18-20-8-13(9-21-18)27-12-5-3-2-4-6-12/h2-6,8-10,14,16,24H,1H3,(H,20,21,23,25). The number of hydrogen-bond donors (Lipinski definition) is 2. The number of aliphatic hydroxyl groups excluding tert-OH is 1. The van der Waals surface area contributed by atoms with Crippen LogP contribution in [0.25, 0.3) is 0 Å². The summed E-state index contributed by atoms with van der Waals surface area (Å²) >= 11 is 1.48. The molecule has 0 fully saturated rings. The molecule has 0 aliphatic rings. The molecule has 0 bridgehead atoms. The maximum atomic E-state index is 12.3. The van der Waals surface area contributed by atoms with Gasteiger partial charge in [-0.25, -0.2) is 9.97 Å². The summed E-state index contributed by atoms with van der Waals surface area (Å²) in [5, 5.41) is 25.5. The fraction of sp³-hybridized carbons (Fsp3) is 0.167. The molecule has 0 aliphatic carbocycles. The third kappa shape index (κ3) is 4.49. The quantitative estimate of drug-likeness (QED) is 0.668. The summed E-state index contributed by atoms with van der Waals surface area (Å²) in [4.78, 5) is 22.3. The van der Waals surface area contributed by atoms with Crippen molar-refractivity contribution in [1.29, 1.82) is 5.26 Å². The monoisotopic (exact) mass is 381 g/mol. The molecule has 0 radical (unpaired) electrons. The van der Waals surface area contributed by atoms with Crippen molar-refractivity contribution in [1.82, 2.24) is 15.1 Å². The molecule has 3 rings (SSSR count). The molecule has 2 unspecified atom stereocenters. The summed E-state index contributed by atoms with van der Waals surface area (Å²) < 4.78 is 4.86. The van der Waals surface area contributed by atoms with E-state index in [0.29, 0.717) is 5.76 Å². The number of amides is 1. The average Bonchev–Trinajstić information content (AvgIpc) is 3.10. The zero-order valence-electron chi connectivity index (χ0n) is 14.2. The highest BCUT2D eigenvalue weighted by atomic mass is 32.2. The van der Waals surface area contributed by atoms with Crippen molar-refractivity contribution in [2.45, 2.75) is 22.8 Å². The van der Waals surface area contributed by atoms with Crippen molar-refractivity contribution in [3.63, 3.8) is 0 Å². The van der Waals surface area contributed by atoms with Crippen LogP contribution in [0.4, 0.5) is 5.95 Å². The van der Waals surface area contributed by atoms with Crippen LogP contribution in [-0.4, -0.2) is 26.1 Å². The van der Waals surface area contributed by atoms with Gasteiger partial charge in [0.1, 0.15) is 11.9 Å². The van der Waals surface area contributed by atoms with E-state index < -0.39 is 17.9 Å². The van der Waals surface area contributed by atoms with Crippen LogP contribution >= 0.6 is 11.8 Å². The van der Waals surface area contributed by atoms with E-state index in [1.54, 1.807) is 25.4 Å². The Morgan fingerprint density at radius 3 is 2.52 bits per heavy atom. The Balaban J connectivity index is 1.66. The first-order valence-corrected chi connectivity index (χ1v) is 8.75. The number of aromatic nitrogens is 3. The summed E-state index contributed by atoms with van der Waals surface area (Å²) in [6.45, 7) is 1.59. The summed E-state index contributed by atoms with van der Waals surface area (Å²) in [6.07, 6.45) is 3.06. The van der Waals surface area contributed by atoms with E-state index in [9.17, 15) is 15.2 Å². The van der Waals surface area contributed by atoms with E-state index in [4.69, 9.17) is 4.52 Å². The van der Waals surface area contributed by atoms with Crippen molar-refractivity contribution in [3.05, 3.63) is 60.2 Å². The third-order valence-electron chi connectivity index (χ3n) is 3.69. The Morgan fingerprint density at radius 1 is 1.22 bits per heavy atom. The molecule has 27 heavy (non-hydrogen) atoms. The van der Waals surface area contributed by atoms with Gasteiger partial charge in [0.2, 0.25) is 11.9 Å². The van der Waals surface area contributed by atoms with Gasteiger partial charge in [0, 0.05) is 27.7 Å².